The predicted octanol–water partition coefficient (Wildman–Crippen LogP) is 3.50. The molecule has 0 unspecified atom stereocenters. The lowest BCUT2D eigenvalue weighted by Crippen LogP contribution is -2.49. The molecule has 0 radical (unpaired) electrons. The van der Waals surface area contributed by atoms with Crippen molar-refractivity contribution >= 4 is 28.7 Å². The summed E-state index contributed by atoms with van der Waals surface area (Å²) in [6, 6.07) is 10.5. The Labute approximate surface area is 189 Å². The summed E-state index contributed by atoms with van der Waals surface area (Å²) in [6.45, 7) is 6.59. The Balaban J connectivity index is 1.31. The second-order valence-corrected chi connectivity index (χ2v) is 8.85. The van der Waals surface area contributed by atoms with Gasteiger partial charge in [-0.3, -0.25) is 4.79 Å². The van der Waals surface area contributed by atoms with Gasteiger partial charge in [0.25, 0.3) is 5.78 Å². The van der Waals surface area contributed by atoms with E-state index in [2.05, 4.69) is 20.0 Å². The van der Waals surface area contributed by atoms with Crippen molar-refractivity contribution in [2.45, 2.75) is 20.3 Å². The maximum Gasteiger partial charge on any atom is 0.253 e. The molecule has 7 nitrogen and oxygen atoms in total. The fourth-order valence-corrected chi connectivity index (χ4v) is 4.76. The van der Waals surface area contributed by atoms with E-state index in [1.165, 1.54) is 12.1 Å². The smallest absolute Gasteiger partial charge is 0.253 e. The van der Waals surface area contributed by atoms with Crippen LogP contribution in [-0.2, 0) is 11.2 Å². The number of benzene rings is 1. The standard InChI is InChI=1S/C23H23FN6OS/c1-15-19(16(2)30-23(25-15)26-22(27-30)20-4-3-13-32-20)14-21(31)29-11-9-28(10-12-29)18-7-5-17(24)6-8-18/h3-8,13H,9-12,14H2,1-2H3. The Bertz CT molecular complexity index is 1260. The molecule has 1 aliphatic heterocycles. The fraction of sp³-hybridized carbons (Fsp3) is 0.304. The molecule has 0 saturated carbocycles. The zero-order valence-corrected chi connectivity index (χ0v) is 18.8. The van der Waals surface area contributed by atoms with Crippen LogP contribution >= 0.6 is 11.3 Å². The minimum Gasteiger partial charge on any atom is -0.368 e. The quantitative estimate of drug-likeness (QED) is 0.476. The molecule has 0 bridgehead atoms. The zero-order valence-electron chi connectivity index (χ0n) is 18.0. The van der Waals surface area contributed by atoms with Crippen LogP contribution in [0.5, 0.6) is 0 Å². The minimum absolute atomic E-state index is 0.0784. The SMILES string of the molecule is Cc1nc2nc(-c3cccs3)nn2c(C)c1CC(=O)N1CCN(c2ccc(F)cc2)CC1. The molecule has 4 aromatic rings. The van der Waals surface area contributed by atoms with Crippen molar-refractivity contribution in [2.24, 2.45) is 0 Å². The molecule has 1 aliphatic rings. The van der Waals surface area contributed by atoms with Crippen molar-refractivity contribution in [3.63, 3.8) is 0 Å². The van der Waals surface area contributed by atoms with Crippen molar-refractivity contribution < 1.29 is 9.18 Å². The Morgan fingerprint density at radius 3 is 2.50 bits per heavy atom. The Morgan fingerprint density at radius 1 is 1.06 bits per heavy atom. The van der Waals surface area contributed by atoms with Crippen molar-refractivity contribution in [3.8, 4) is 10.7 Å². The predicted molar refractivity (Wildman–Crippen MR) is 122 cm³/mol. The van der Waals surface area contributed by atoms with Crippen LogP contribution in [0.4, 0.5) is 10.1 Å². The van der Waals surface area contributed by atoms with E-state index >= 15 is 0 Å². The van der Waals surface area contributed by atoms with E-state index in [1.54, 1.807) is 28.0 Å². The molecule has 1 amide bonds. The number of aromatic nitrogens is 4. The van der Waals surface area contributed by atoms with Gasteiger partial charge >= 0.3 is 0 Å². The minimum atomic E-state index is -0.242. The number of thiophene rings is 1. The van der Waals surface area contributed by atoms with Crippen molar-refractivity contribution in [2.75, 3.05) is 31.1 Å². The third-order valence-electron chi connectivity index (χ3n) is 5.94. The van der Waals surface area contributed by atoms with E-state index in [1.807, 2.05) is 36.3 Å². The van der Waals surface area contributed by atoms with Gasteiger partial charge in [0, 0.05) is 48.8 Å². The van der Waals surface area contributed by atoms with Gasteiger partial charge in [0.15, 0.2) is 5.82 Å². The maximum absolute atomic E-state index is 13.2. The van der Waals surface area contributed by atoms with Gasteiger partial charge in [0.2, 0.25) is 5.91 Å². The van der Waals surface area contributed by atoms with Crippen LogP contribution in [0.1, 0.15) is 17.0 Å². The number of hydrogen-bond donors (Lipinski definition) is 0. The molecule has 1 saturated heterocycles. The van der Waals surface area contributed by atoms with E-state index in [0.717, 1.165) is 40.6 Å². The second kappa shape index (κ2) is 8.31. The first-order valence-electron chi connectivity index (χ1n) is 10.5. The molecular formula is C23H23FN6OS. The number of carbonyl (C=O) groups is 1. The van der Waals surface area contributed by atoms with Gasteiger partial charge in [-0.25, -0.2) is 13.9 Å². The third-order valence-corrected chi connectivity index (χ3v) is 6.81. The maximum atomic E-state index is 13.2. The lowest BCUT2D eigenvalue weighted by molar-refractivity contribution is -0.130. The number of anilines is 1. The lowest BCUT2D eigenvalue weighted by Gasteiger charge is -2.36. The van der Waals surface area contributed by atoms with Crippen LogP contribution in [0.15, 0.2) is 41.8 Å². The summed E-state index contributed by atoms with van der Waals surface area (Å²) in [4.78, 5) is 27.3. The summed E-state index contributed by atoms with van der Waals surface area (Å²) >= 11 is 1.58. The van der Waals surface area contributed by atoms with E-state index in [0.29, 0.717) is 24.7 Å². The normalized spacial score (nSPS) is 14.3. The highest BCUT2D eigenvalue weighted by atomic mass is 32.1. The summed E-state index contributed by atoms with van der Waals surface area (Å²) in [7, 11) is 0. The van der Waals surface area contributed by atoms with Crippen LogP contribution in [0.2, 0.25) is 0 Å². The van der Waals surface area contributed by atoms with Crippen LogP contribution < -0.4 is 4.90 Å². The van der Waals surface area contributed by atoms with Crippen LogP contribution in [0, 0.1) is 19.7 Å². The average molecular weight is 451 g/mol. The zero-order chi connectivity index (χ0) is 22.2. The number of piperazine rings is 1. The first-order valence-corrected chi connectivity index (χ1v) is 11.4. The number of hydrogen-bond acceptors (Lipinski definition) is 6. The van der Waals surface area contributed by atoms with Gasteiger partial charge < -0.3 is 9.80 Å². The third kappa shape index (κ3) is 3.84. The number of aryl methyl sites for hydroxylation is 2. The van der Waals surface area contributed by atoms with Gasteiger partial charge in [-0.2, -0.15) is 4.98 Å². The number of carbonyl (C=O) groups excluding carboxylic acids is 1. The summed E-state index contributed by atoms with van der Waals surface area (Å²) < 4.78 is 14.9. The number of nitrogens with zero attached hydrogens (tertiary/aromatic N) is 6. The molecule has 0 spiro atoms. The average Bonchev–Trinajstić information content (AvgIpc) is 3.47. The van der Waals surface area contributed by atoms with Crippen LogP contribution in [0.3, 0.4) is 0 Å². The highest BCUT2D eigenvalue weighted by Crippen LogP contribution is 2.24. The van der Waals surface area contributed by atoms with Crippen LogP contribution in [-0.4, -0.2) is 56.6 Å². The Kier molecular flexibility index (Phi) is 5.34. The number of rotatable bonds is 4. The van der Waals surface area contributed by atoms with Gasteiger partial charge in [-0.1, -0.05) is 6.07 Å². The summed E-state index contributed by atoms with van der Waals surface area (Å²) in [5, 5.41) is 6.61. The summed E-state index contributed by atoms with van der Waals surface area (Å²) in [5.41, 5.74) is 3.57. The fourth-order valence-electron chi connectivity index (χ4n) is 4.10. The van der Waals surface area contributed by atoms with E-state index in [4.69, 9.17) is 0 Å². The van der Waals surface area contributed by atoms with Crippen molar-refractivity contribution in [1.82, 2.24) is 24.5 Å². The molecule has 0 N–H and O–H groups in total. The van der Waals surface area contributed by atoms with E-state index in [-0.39, 0.29) is 18.1 Å². The topological polar surface area (TPSA) is 66.6 Å². The molecule has 0 aliphatic carbocycles. The molecule has 1 fully saturated rings. The highest BCUT2D eigenvalue weighted by Gasteiger charge is 2.24. The molecule has 3 aromatic heterocycles. The van der Waals surface area contributed by atoms with Gasteiger partial charge in [0.1, 0.15) is 5.82 Å². The molecule has 9 heteroatoms. The molecule has 164 valence electrons. The molecule has 5 rings (SSSR count). The summed E-state index contributed by atoms with van der Waals surface area (Å²) in [6.07, 6.45) is 0.283. The Morgan fingerprint density at radius 2 is 1.81 bits per heavy atom. The molecule has 1 aromatic carbocycles. The largest absolute Gasteiger partial charge is 0.368 e. The molecule has 0 atom stereocenters. The van der Waals surface area contributed by atoms with Gasteiger partial charge in [0.05, 0.1) is 11.3 Å². The molecule has 32 heavy (non-hydrogen) atoms. The first-order chi connectivity index (χ1) is 15.5. The number of fused-ring (bicyclic) bond motifs is 1. The number of amides is 1. The first kappa shape index (κ1) is 20.6. The van der Waals surface area contributed by atoms with Crippen molar-refractivity contribution in [3.05, 3.63) is 64.5 Å². The molecule has 4 heterocycles. The Hall–Kier alpha value is -3.33. The van der Waals surface area contributed by atoms with Crippen molar-refractivity contribution in [1.29, 1.82) is 0 Å². The second-order valence-electron chi connectivity index (χ2n) is 7.91. The highest BCUT2D eigenvalue weighted by molar-refractivity contribution is 7.13. The van der Waals surface area contributed by atoms with Gasteiger partial charge in [-0.05, 0) is 49.6 Å². The summed E-state index contributed by atoms with van der Waals surface area (Å²) in [5.74, 6) is 1.03. The van der Waals surface area contributed by atoms with Gasteiger partial charge in [-0.15, -0.1) is 16.4 Å². The molecular weight excluding hydrogens is 427 g/mol. The van der Waals surface area contributed by atoms with E-state index in [9.17, 15) is 9.18 Å². The monoisotopic (exact) mass is 450 g/mol. The van der Waals surface area contributed by atoms with E-state index < -0.39 is 0 Å². The van der Waals surface area contributed by atoms with Crippen LogP contribution in [0.25, 0.3) is 16.5 Å². The number of halogens is 1. The lowest BCUT2D eigenvalue weighted by atomic mass is 10.1.